The number of nitrogens with one attached hydrogen (secondary N) is 1. The van der Waals surface area contributed by atoms with E-state index in [9.17, 15) is 9.59 Å². The van der Waals surface area contributed by atoms with Crippen LogP contribution in [0.15, 0.2) is 94.8 Å². The summed E-state index contributed by atoms with van der Waals surface area (Å²) in [6, 6.07) is 27.8. The average Bonchev–Trinajstić information content (AvgIpc) is 3.43. The molecule has 0 aliphatic carbocycles. The molecule has 0 atom stereocenters. The molecule has 4 rings (SSSR count). The summed E-state index contributed by atoms with van der Waals surface area (Å²) >= 11 is 5.22. The van der Waals surface area contributed by atoms with Gasteiger partial charge in [0, 0.05) is 41.1 Å². The third-order valence-corrected chi connectivity index (χ3v) is 7.42. The van der Waals surface area contributed by atoms with Crippen molar-refractivity contribution in [2.75, 3.05) is 19.6 Å². The molecule has 37 heavy (non-hydrogen) atoms. The molecule has 0 radical (unpaired) electrons. The van der Waals surface area contributed by atoms with Crippen LogP contribution in [0, 0.1) is 0 Å². The Hall–Kier alpha value is -3.26. The van der Waals surface area contributed by atoms with E-state index in [1.54, 1.807) is 17.4 Å². The molecule has 4 aromatic rings. The predicted octanol–water partition coefficient (Wildman–Crippen LogP) is 5.68. The van der Waals surface area contributed by atoms with Crippen LogP contribution in [0.1, 0.15) is 26.4 Å². The van der Waals surface area contributed by atoms with Crippen LogP contribution in [0.2, 0.25) is 0 Å². The Bertz CT molecular complexity index is 1340. The van der Waals surface area contributed by atoms with Crippen LogP contribution in [0.25, 0.3) is 11.1 Å². The van der Waals surface area contributed by atoms with Crippen molar-refractivity contribution < 1.29 is 9.59 Å². The second-order valence-electron chi connectivity index (χ2n) is 8.78. The average molecular weight is 577 g/mol. The molecule has 3 N–H and O–H groups in total. The second kappa shape index (κ2) is 13.3. The van der Waals surface area contributed by atoms with Gasteiger partial charge in [-0.15, -0.1) is 11.3 Å². The number of hydrogen-bond acceptors (Lipinski definition) is 4. The van der Waals surface area contributed by atoms with Gasteiger partial charge in [-0.2, -0.15) is 0 Å². The number of hydrogen-bond donors (Lipinski definition) is 2. The number of nitrogens with zero attached hydrogens (tertiary/aromatic N) is 1. The summed E-state index contributed by atoms with van der Waals surface area (Å²) in [5.74, 6) is -0.0417. The Labute approximate surface area is 230 Å². The van der Waals surface area contributed by atoms with Gasteiger partial charge in [0.15, 0.2) is 0 Å². The Morgan fingerprint density at radius 1 is 0.892 bits per heavy atom. The van der Waals surface area contributed by atoms with E-state index in [2.05, 4.69) is 38.8 Å². The van der Waals surface area contributed by atoms with Crippen molar-refractivity contribution in [2.45, 2.75) is 19.4 Å². The second-order valence-corrected chi connectivity index (χ2v) is 10.7. The number of carbonyl (C=O) groups excluding carboxylic acids is 2. The van der Waals surface area contributed by atoms with E-state index in [-0.39, 0.29) is 11.8 Å². The number of thiophene rings is 1. The number of nitrogens with two attached hydrogens (primary N) is 1. The maximum atomic E-state index is 13.4. The maximum Gasteiger partial charge on any atom is 0.251 e. The molecule has 0 saturated heterocycles. The first-order valence-corrected chi connectivity index (χ1v) is 13.9. The highest BCUT2D eigenvalue weighted by Crippen LogP contribution is 2.23. The van der Waals surface area contributed by atoms with Crippen LogP contribution >= 0.6 is 27.3 Å². The zero-order chi connectivity index (χ0) is 26.0. The third-order valence-electron chi connectivity index (χ3n) is 5.99. The fraction of sp³-hybridized carbons (Fsp3) is 0.200. The summed E-state index contributed by atoms with van der Waals surface area (Å²) in [5, 5.41) is 4.88. The first-order valence-electron chi connectivity index (χ1n) is 12.2. The minimum Gasteiger partial charge on any atom is -0.351 e. The lowest BCUT2D eigenvalue weighted by atomic mass is 10.0. The fourth-order valence-electron chi connectivity index (χ4n) is 4.12. The Morgan fingerprint density at radius 2 is 1.65 bits per heavy atom. The van der Waals surface area contributed by atoms with Gasteiger partial charge in [0.2, 0.25) is 5.91 Å². The summed E-state index contributed by atoms with van der Waals surface area (Å²) in [6.07, 6.45) is 1.17. The molecule has 0 spiro atoms. The van der Waals surface area contributed by atoms with E-state index in [0.29, 0.717) is 38.2 Å². The molecule has 0 bridgehead atoms. The van der Waals surface area contributed by atoms with Gasteiger partial charge in [0.1, 0.15) is 0 Å². The molecule has 1 aromatic heterocycles. The molecule has 0 unspecified atom stereocenters. The molecular formula is C30H30BrN3O2S. The maximum absolute atomic E-state index is 13.4. The van der Waals surface area contributed by atoms with Crippen LogP contribution in [0.3, 0.4) is 0 Å². The van der Waals surface area contributed by atoms with Gasteiger partial charge in [-0.05, 0) is 70.5 Å². The number of benzene rings is 3. The molecule has 3 aromatic carbocycles. The lowest BCUT2D eigenvalue weighted by Crippen LogP contribution is -2.33. The molecule has 1 heterocycles. The molecule has 190 valence electrons. The first kappa shape index (κ1) is 26.8. The van der Waals surface area contributed by atoms with Crippen molar-refractivity contribution in [3.8, 4) is 11.1 Å². The van der Waals surface area contributed by atoms with Crippen LogP contribution in [0.4, 0.5) is 0 Å². The van der Waals surface area contributed by atoms with Gasteiger partial charge in [0.25, 0.3) is 5.91 Å². The Kier molecular flexibility index (Phi) is 9.65. The minimum atomic E-state index is -0.138. The van der Waals surface area contributed by atoms with E-state index in [1.165, 1.54) is 4.88 Å². The quantitative estimate of drug-likeness (QED) is 0.241. The van der Waals surface area contributed by atoms with Gasteiger partial charge in [-0.3, -0.25) is 9.59 Å². The molecule has 2 amide bonds. The minimum absolute atomic E-state index is 0.0960. The van der Waals surface area contributed by atoms with Crippen molar-refractivity contribution in [1.82, 2.24) is 10.2 Å². The van der Waals surface area contributed by atoms with Gasteiger partial charge in [-0.1, -0.05) is 64.5 Å². The zero-order valence-electron chi connectivity index (χ0n) is 20.5. The highest BCUT2D eigenvalue weighted by atomic mass is 79.9. The van der Waals surface area contributed by atoms with Crippen molar-refractivity contribution in [1.29, 1.82) is 0 Å². The van der Waals surface area contributed by atoms with E-state index < -0.39 is 0 Å². The topological polar surface area (TPSA) is 75.4 Å². The van der Waals surface area contributed by atoms with Gasteiger partial charge in [0.05, 0.1) is 6.42 Å². The van der Waals surface area contributed by atoms with E-state index in [1.807, 2.05) is 71.6 Å². The zero-order valence-corrected chi connectivity index (χ0v) is 22.9. The monoisotopic (exact) mass is 575 g/mol. The normalized spacial score (nSPS) is 10.8. The van der Waals surface area contributed by atoms with Crippen LogP contribution in [0.5, 0.6) is 0 Å². The van der Waals surface area contributed by atoms with Crippen molar-refractivity contribution in [3.05, 3.63) is 116 Å². The Balaban J connectivity index is 1.53. The third kappa shape index (κ3) is 7.86. The van der Waals surface area contributed by atoms with Crippen molar-refractivity contribution in [2.24, 2.45) is 5.73 Å². The molecule has 0 aliphatic rings. The summed E-state index contributed by atoms with van der Waals surface area (Å²) in [5.41, 5.74) is 10.1. The standard InChI is InChI=1S/C30H30BrN3O2S/c31-27-10-2-5-22(18-27)19-29(35)34(15-12-28-11-4-16-37-28)21-23-6-1-7-24(17-23)25-8-3-9-26(20-25)30(36)33-14-13-32/h1-11,16-18,20H,12-15,19,21,32H2,(H,33,36). The predicted molar refractivity (Wildman–Crippen MR) is 155 cm³/mol. The lowest BCUT2D eigenvalue weighted by Gasteiger charge is -2.23. The van der Waals surface area contributed by atoms with Gasteiger partial charge in [-0.25, -0.2) is 0 Å². The lowest BCUT2D eigenvalue weighted by molar-refractivity contribution is -0.131. The van der Waals surface area contributed by atoms with E-state index in [4.69, 9.17) is 5.73 Å². The highest BCUT2D eigenvalue weighted by Gasteiger charge is 2.16. The number of carbonyl (C=O) groups is 2. The van der Waals surface area contributed by atoms with Crippen LogP contribution < -0.4 is 11.1 Å². The number of halogens is 1. The van der Waals surface area contributed by atoms with Crippen molar-refractivity contribution in [3.63, 3.8) is 0 Å². The molecule has 5 nitrogen and oxygen atoms in total. The number of amides is 2. The molecule has 0 aliphatic heterocycles. The van der Waals surface area contributed by atoms with Crippen molar-refractivity contribution >= 4 is 39.1 Å². The molecular weight excluding hydrogens is 546 g/mol. The number of rotatable bonds is 11. The van der Waals surface area contributed by atoms with Crippen LogP contribution in [-0.2, 0) is 24.2 Å². The molecule has 0 fully saturated rings. The largest absolute Gasteiger partial charge is 0.351 e. The summed E-state index contributed by atoms with van der Waals surface area (Å²) in [7, 11) is 0. The smallest absolute Gasteiger partial charge is 0.251 e. The summed E-state index contributed by atoms with van der Waals surface area (Å²) in [4.78, 5) is 29.0. The van der Waals surface area contributed by atoms with Gasteiger partial charge < -0.3 is 16.0 Å². The summed E-state index contributed by atoms with van der Waals surface area (Å²) in [6.45, 7) is 2.00. The van der Waals surface area contributed by atoms with E-state index >= 15 is 0 Å². The summed E-state index contributed by atoms with van der Waals surface area (Å²) < 4.78 is 0.967. The highest BCUT2D eigenvalue weighted by molar-refractivity contribution is 9.10. The molecule has 7 heteroatoms. The Morgan fingerprint density at radius 3 is 2.41 bits per heavy atom. The fourth-order valence-corrected chi connectivity index (χ4v) is 5.27. The SMILES string of the molecule is NCCNC(=O)c1cccc(-c2cccc(CN(CCc3cccs3)C(=O)Cc3cccc(Br)c3)c2)c1. The van der Waals surface area contributed by atoms with E-state index in [0.717, 1.165) is 33.1 Å². The molecule has 0 saturated carbocycles. The van der Waals surface area contributed by atoms with Crippen LogP contribution in [-0.4, -0.2) is 36.3 Å². The first-order chi connectivity index (χ1) is 18.0. The van der Waals surface area contributed by atoms with Gasteiger partial charge >= 0.3 is 0 Å².